The van der Waals surface area contributed by atoms with Gasteiger partial charge in [0.15, 0.2) is 0 Å². The molecule has 3 saturated carbocycles. The fraction of sp³-hybridized carbons (Fsp3) is 0.619. The number of fused-ring (bicyclic) bond motifs is 2. The number of carbonyl (C=O) groups excluding carboxylic acids is 2. The number of rotatable bonds is 5. The molecule has 0 aliphatic heterocycles. The highest BCUT2D eigenvalue weighted by molar-refractivity contribution is 6.04. The van der Waals surface area contributed by atoms with Gasteiger partial charge in [0.05, 0.1) is 18.4 Å². The second kappa shape index (κ2) is 8.70. The predicted molar refractivity (Wildman–Crippen MR) is 111 cm³/mol. The molecule has 0 spiro atoms. The highest BCUT2D eigenvalue weighted by Crippen LogP contribution is 2.42. The zero-order chi connectivity index (χ0) is 19.0. The SMILES string of the molecule is COc1ccc(NC(=O)C2CC3CCCC(C2)C3N)c(C(=O)NC2CC2)c1.Cl. The second-order valence-electron chi connectivity index (χ2n) is 8.35. The summed E-state index contributed by atoms with van der Waals surface area (Å²) in [6, 6.07) is 5.72. The summed E-state index contributed by atoms with van der Waals surface area (Å²) >= 11 is 0. The second-order valence-corrected chi connectivity index (χ2v) is 8.35. The van der Waals surface area contributed by atoms with Crippen LogP contribution in [0.25, 0.3) is 0 Å². The van der Waals surface area contributed by atoms with Crippen LogP contribution in [0.5, 0.6) is 5.75 Å². The van der Waals surface area contributed by atoms with E-state index in [1.54, 1.807) is 25.3 Å². The van der Waals surface area contributed by atoms with Crippen molar-refractivity contribution in [2.45, 2.75) is 57.0 Å². The highest BCUT2D eigenvalue weighted by Gasteiger charge is 2.40. The fourth-order valence-electron chi connectivity index (χ4n) is 4.68. The number of ether oxygens (including phenoxy) is 1. The fourth-order valence-corrected chi connectivity index (χ4v) is 4.68. The van der Waals surface area contributed by atoms with Crippen molar-refractivity contribution in [1.29, 1.82) is 0 Å². The minimum absolute atomic E-state index is 0. The third kappa shape index (κ3) is 4.44. The number of nitrogens with two attached hydrogens (primary N) is 1. The summed E-state index contributed by atoms with van der Waals surface area (Å²) in [6.07, 6.45) is 7.21. The van der Waals surface area contributed by atoms with Gasteiger partial charge >= 0.3 is 0 Å². The third-order valence-corrected chi connectivity index (χ3v) is 6.43. The van der Waals surface area contributed by atoms with Gasteiger partial charge in [-0.3, -0.25) is 9.59 Å². The third-order valence-electron chi connectivity index (χ3n) is 6.43. The van der Waals surface area contributed by atoms with E-state index >= 15 is 0 Å². The lowest BCUT2D eigenvalue weighted by atomic mass is 9.65. The molecule has 6 nitrogen and oxygen atoms in total. The smallest absolute Gasteiger partial charge is 0.253 e. The van der Waals surface area contributed by atoms with Crippen LogP contribution in [0.3, 0.4) is 0 Å². The lowest BCUT2D eigenvalue weighted by molar-refractivity contribution is -0.122. The van der Waals surface area contributed by atoms with Crippen LogP contribution in [0.1, 0.15) is 55.3 Å². The number of halogens is 1. The van der Waals surface area contributed by atoms with Gasteiger partial charge in [-0.05, 0) is 68.6 Å². The molecule has 2 bridgehead atoms. The Hall–Kier alpha value is -1.79. The van der Waals surface area contributed by atoms with E-state index in [4.69, 9.17) is 10.5 Å². The van der Waals surface area contributed by atoms with Gasteiger partial charge in [-0.25, -0.2) is 0 Å². The van der Waals surface area contributed by atoms with E-state index in [0.717, 1.165) is 38.5 Å². The van der Waals surface area contributed by atoms with Crippen LogP contribution in [-0.2, 0) is 4.79 Å². The number of amides is 2. The van der Waals surface area contributed by atoms with Crippen LogP contribution in [0.4, 0.5) is 5.69 Å². The first kappa shape index (κ1) is 20.9. The molecular weight excluding hydrogens is 378 g/mol. The summed E-state index contributed by atoms with van der Waals surface area (Å²) in [5, 5.41) is 6.00. The Kier molecular flexibility index (Phi) is 6.50. The normalized spacial score (nSPS) is 28.6. The molecule has 154 valence electrons. The summed E-state index contributed by atoms with van der Waals surface area (Å²) in [7, 11) is 1.57. The van der Waals surface area contributed by atoms with Crippen molar-refractivity contribution in [2.24, 2.45) is 23.5 Å². The summed E-state index contributed by atoms with van der Waals surface area (Å²) in [4.78, 5) is 25.6. The first-order valence-electron chi connectivity index (χ1n) is 10.1. The van der Waals surface area contributed by atoms with E-state index < -0.39 is 0 Å². The maximum atomic E-state index is 13.0. The Morgan fingerprint density at radius 2 is 1.79 bits per heavy atom. The molecule has 3 fully saturated rings. The van der Waals surface area contributed by atoms with Crippen molar-refractivity contribution in [3.8, 4) is 5.75 Å². The highest BCUT2D eigenvalue weighted by atomic mass is 35.5. The molecule has 2 atom stereocenters. The van der Waals surface area contributed by atoms with E-state index in [1.807, 2.05) is 0 Å². The van der Waals surface area contributed by atoms with Crippen molar-refractivity contribution in [3.63, 3.8) is 0 Å². The van der Waals surface area contributed by atoms with E-state index in [-0.39, 0.29) is 42.2 Å². The largest absolute Gasteiger partial charge is 0.497 e. The van der Waals surface area contributed by atoms with Crippen LogP contribution in [-0.4, -0.2) is 31.0 Å². The first-order chi connectivity index (χ1) is 13.0. The lowest BCUT2D eigenvalue weighted by Gasteiger charge is -2.43. The lowest BCUT2D eigenvalue weighted by Crippen LogP contribution is -2.48. The molecule has 3 aliphatic carbocycles. The van der Waals surface area contributed by atoms with Gasteiger partial charge in [-0.15, -0.1) is 12.4 Å². The van der Waals surface area contributed by atoms with Crippen molar-refractivity contribution in [1.82, 2.24) is 5.32 Å². The summed E-state index contributed by atoms with van der Waals surface area (Å²) in [5.74, 6) is 1.32. The molecule has 0 saturated heterocycles. The summed E-state index contributed by atoms with van der Waals surface area (Å²) < 4.78 is 5.26. The molecule has 7 heteroatoms. The van der Waals surface area contributed by atoms with Gasteiger partial charge in [0, 0.05) is 18.0 Å². The van der Waals surface area contributed by atoms with Gasteiger partial charge in [-0.1, -0.05) is 6.42 Å². The van der Waals surface area contributed by atoms with E-state index in [1.165, 1.54) is 6.42 Å². The molecule has 1 aromatic carbocycles. The zero-order valence-electron chi connectivity index (χ0n) is 16.3. The Balaban J connectivity index is 0.00000225. The number of nitrogens with one attached hydrogen (secondary N) is 2. The molecule has 2 unspecified atom stereocenters. The molecule has 4 N–H and O–H groups in total. The van der Waals surface area contributed by atoms with Crippen molar-refractivity contribution in [2.75, 3.05) is 12.4 Å². The van der Waals surface area contributed by atoms with Crippen molar-refractivity contribution in [3.05, 3.63) is 23.8 Å². The quantitative estimate of drug-likeness (QED) is 0.699. The zero-order valence-corrected chi connectivity index (χ0v) is 17.1. The molecule has 4 rings (SSSR count). The minimum Gasteiger partial charge on any atom is -0.497 e. The average Bonchev–Trinajstić information content (AvgIpc) is 3.45. The van der Waals surface area contributed by atoms with E-state index in [2.05, 4.69) is 10.6 Å². The van der Waals surface area contributed by atoms with E-state index in [0.29, 0.717) is 28.8 Å². The monoisotopic (exact) mass is 407 g/mol. The van der Waals surface area contributed by atoms with Gasteiger partial charge in [-0.2, -0.15) is 0 Å². The van der Waals surface area contributed by atoms with Gasteiger partial charge in [0.1, 0.15) is 5.75 Å². The summed E-state index contributed by atoms with van der Waals surface area (Å²) in [6.45, 7) is 0. The maximum absolute atomic E-state index is 13.0. The molecule has 2 amide bonds. The van der Waals surface area contributed by atoms with Crippen LogP contribution < -0.4 is 21.1 Å². The number of benzene rings is 1. The molecule has 0 radical (unpaired) electrons. The van der Waals surface area contributed by atoms with Gasteiger partial charge in [0.25, 0.3) is 5.91 Å². The van der Waals surface area contributed by atoms with Crippen LogP contribution in [0.15, 0.2) is 18.2 Å². The van der Waals surface area contributed by atoms with Crippen LogP contribution >= 0.6 is 12.4 Å². The number of hydrogen-bond acceptors (Lipinski definition) is 4. The maximum Gasteiger partial charge on any atom is 0.253 e. The van der Waals surface area contributed by atoms with E-state index in [9.17, 15) is 9.59 Å². The number of methoxy groups -OCH3 is 1. The predicted octanol–water partition coefficient (Wildman–Crippen LogP) is 3.10. The average molecular weight is 408 g/mol. The Bertz CT molecular complexity index is 724. The summed E-state index contributed by atoms with van der Waals surface area (Å²) in [5.41, 5.74) is 7.36. The van der Waals surface area contributed by atoms with Gasteiger partial charge < -0.3 is 21.1 Å². The number of hydrogen-bond donors (Lipinski definition) is 3. The Morgan fingerprint density at radius 1 is 1.11 bits per heavy atom. The Labute approximate surface area is 172 Å². The molecule has 0 aromatic heterocycles. The topological polar surface area (TPSA) is 93.4 Å². The molecule has 0 heterocycles. The first-order valence-corrected chi connectivity index (χ1v) is 10.1. The van der Waals surface area contributed by atoms with Crippen LogP contribution in [0.2, 0.25) is 0 Å². The standard InChI is InChI=1S/C21H29N3O3.ClH/c1-27-16-7-8-18(17(11-16)21(26)23-15-5-6-15)24-20(25)14-9-12-3-2-4-13(10-14)19(12)22;/h7-8,11-15,19H,2-6,9-10,22H2,1H3,(H,23,26)(H,24,25);1H. The molecule has 1 aromatic rings. The van der Waals surface area contributed by atoms with Crippen LogP contribution in [0, 0.1) is 17.8 Å². The van der Waals surface area contributed by atoms with Gasteiger partial charge in [0.2, 0.25) is 5.91 Å². The molecule has 28 heavy (non-hydrogen) atoms. The minimum atomic E-state index is -0.158. The number of carbonyl (C=O) groups is 2. The van der Waals surface area contributed by atoms with Crippen molar-refractivity contribution < 1.29 is 14.3 Å². The molecule has 3 aliphatic rings. The molecular formula is C21H30ClN3O3. The van der Waals surface area contributed by atoms with Crippen molar-refractivity contribution >= 4 is 29.9 Å². The Morgan fingerprint density at radius 3 is 2.39 bits per heavy atom. The number of anilines is 1.